The average Bonchev–Trinajstić information content (AvgIpc) is 2.39. The maximum absolute atomic E-state index is 4.37. The van der Waals surface area contributed by atoms with Crippen molar-refractivity contribution in [2.75, 3.05) is 0 Å². The highest BCUT2D eigenvalue weighted by molar-refractivity contribution is 14.1. The Kier molecular flexibility index (Phi) is 2.81. The molecule has 1 nitrogen and oxygen atoms in total. The van der Waals surface area contributed by atoms with E-state index in [0.29, 0.717) is 0 Å². The van der Waals surface area contributed by atoms with E-state index in [0.717, 1.165) is 5.69 Å². The normalized spacial score (nSPS) is 10.6. The summed E-state index contributed by atoms with van der Waals surface area (Å²) in [6.45, 7) is 0. The molecule has 2 heteroatoms. The Hall–Kier alpha value is -1.42. The molecular formula is C15H10IN. The van der Waals surface area contributed by atoms with Crippen LogP contribution in [0.1, 0.15) is 0 Å². The Morgan fingerprint density at radius 2 is 1.65 bits per heavy atom. The topological polar surface area (TPSA) is 12.9 Å². The number of hydrogen-bond acceptors (Lipinski definition) is 1. The summed E-state index contributed by atoms with van der Waals surface area (Å²) in [6.07, 6.45) is 1.83. The molecule has 0 aliphatic rings. The molecule has 0 aliphatic carbocycles. The Labute approximate surface area is 114 Å². The molecule has 3 rings (SSSR count). The van der Waals surface area contributed by atoms with E-state index >= 15 is 0 Å². The Morgan fingerprint density at radius 1 is 0.824 bits per heavy atom. The molecule has 0 fully saturated rings. The van der Waals surface area contributed by atoms with Gasteiger partial charge in [0.1, 0.15) is 0 Å². The summed E-state index contributed by atoms with van der Waals surface area (Å²) in [5, 5.41) is 2.53. The number of rotatable bonds is 1. The van der Waals surface area contributed by atoms with Crippen molar-refractivity contribution in [2.24, 2.45) is 0 Å². The van der Waals surface area contributed by atoms with Crippen LogP contribution in [0.25, 0.3) is 22.0 Å². The first-order chi connectivity index (χ1) is 8.33. The molecule has 17 heavy (non-hydrogen) atoms. The third-order valence-electron chi connectivity index (χ3n) is 2.76. The van der Waals surface area contributed by atoms with Crippen molar-refractivity contribution in [3.05, 3.63) is 64.4 Å². The largest absolute Gasteiger partial charge is 0.256 e. The summed E-state index contributed by atoms with van der Waals surface area (Å²) in [5.74, 6) is 0. The number of pyridine rings is 1. The van der Waals surface area contributed by atoms with Crippen molar-refractivity contribution in [3.8, 4) is 11.3 Å². The number of fused-ring (bicyclic) bond motifs is 1. The summed E-state index contributed by atoms with van der Waals surface area (Å²) in [7, 11) is 0. The predicted molar refractivity (Wildman–Crippen MR) is 79.9 cm³/mol. The van der Waals surface area contributed by atoms with Crippen LogP contribution < -0.4 is 0 Å². The van der Waals surface area contributed by atoms with Crippen LogP contribution in [-0.2, 0) is 0 Å². The Morgan fingerprint density at radius 3 is 2.47 bits per heavy atom. The van der Waals surface area contributed by atoms with E-state index in [2.05, 4.69) is 64.0 Å². The number of nitrogens with zero attached hydrogens (tertiary/aromatic N) is 1. The van der Waals surface area contributed by atoms with E-state index in [1.807, 2.05) is 24.4 Å². The van der Waals surface area contributed by atoms with Gasteiger partial charge in [-0.05, 0) is 63.7 Å². The van der Waals surface area contributed by atoms with E-state index in [1.54, 1.807) is 0 Å². The molecule has 0 unspecified atom stereocenters. The third-order valence-corrected chi connectivity index (χ3v) is 3.43. The molecule has 0 amide bonds. The van der Waals surface area contributed by atoms with E-state index in [1.165, 1.54) is 19.9 Å². The molecule has 0 saturated carbocycles. The van der Waals surface area contributed by atoms with Gasteiger partial charge in [0.15, 0.2) is 0 Å². The van der Waals surface area contributed by atoms with E-state index < -0.39 is 0 Å². The van der Waals surface area contributed by atoms with Crippen molar-refractivity contribution < 1.29 is 0 Å². The lowest BCUT2D eigenvalue weighted by Crippen LogP contribution is -1.82. The van der Waals surface area contributed by atoms with Gasteiger partial charge >= 0.3 is 0 Å². The van der Waals surface area contributed by atoms with Crippen molar-refractivity contribution >= 4 is 33.4 Å². The fraction of sp³-hybridized carbons (Fsp3) is 0. The van der Waals surface area contributed by atoms with E-state index in [4.69, 9.17) is 0 Å². The van der Waals surface area contributed by atoms with Crippen LogP contribution in [0.15, 0.2) is 60.8 Å². The molecule has 3 aromatic rings. The van der Waals surface area contributed by atoms with Gasteiger partial charge in [0.25, 0.3) is 0 Å². The minimum absolute atomic E-state index is 1.02. The number of aromatic nitrogens is 1. The second-order valence-electron chi connectivity index (χ2n) is 3.92. The second-order valence-corrected chi connectivity index (χ2v) is 5.17. The molecule has 0 spiro atoms. The maximum Gasteiger partial charge on any atom is 0.0702 e. The van der Waals surface area contributed by atoms with Gasteiger partial charge in [0, 0.05) is 15.3 Å². The number of benzene rings is 2. The fourth-order valence-electron chi connectivity index (χ4n) is 1.91. The zero-order valence-electron chi connectivity index (χ0n) is 9.10. The predicted octanol–water partition coefficient (Wildman–Crippen LogP) is 4.51. The monoisotopic (exact) mass is 331 g/mol. The van der Waals surface area contributed by atoms with Gasteiger partial charge in [-0.1, -0.05) is 24.3 Å². The zero-order chi connectivity index (χ0) is 11.7. The third kappa shape index (κ3) is 2.17. The maximum atomic E-state index is 4.37. The molecule has 0 bridgehead atoms. The quantitative estimate of drug-likeness (QED) is 0.598. The van der Waals surface area contributed by atoms with Crippen molar-refractivity contribution in [3.63, 3.8) is 0 Å². The zero-order valence-corrected chi connectivity index (χ0v) is 11.3. The van der Waals surface area contributed by atoms with E-state index in [-0.39, 0.29) is 0 Å². The molecule has 82 valence electrons. The molecule has 1 heterocycles. The highest BCUT2D eigenvalue weighted by atomic mass is 127. The molecule has 1 aromatic heterocycles. The summed E-state index contributed by atoms with van der Waals surface area (Å²) in [5.41, 5.74) is 2.19. The van der Waals surface area contributed by atoms with Crippen molar-refractivity contribution in [1.29, 1.82) is 0 Å². The first-order valence-corrected chi connectivity index (χ1v) is 6.51. The van der Waals surface area contributed by atoms with Crippen LogP contribution in [0.4, 0.5) is 0 Å². The Balaban J connectivity index is 2.17. The summed E-state index contributed by atoms with van der Waals surface area (Å²) in [6, 6.07) is 18.9. The van der Waals surface area contributed by atoms with Gasteiger partial charge in [0.05, 0.1) is 5.69 Å². The fourth-order valence-corrected chi connectivity index (χ4v) is 2.42. The van der Waals surface area contributed by atoms with Crippen LogP contribution >= 0.6 is 22.6 Å². The van der Waals surface area contributed by atoms with Crippen LogP contribution in [0.2, 0.25) is 0 Å². The van der Waals surface area contributed by atoms with Crippen LogP contribution in [0.5, 0.6) is 0 Å². The summed E-state index contributed by atoms with van der Waals surface area (Å²) < 4.78 is 1.26. The van der Waals surface area contributed by atoms with Crippen molar-refractivity contribution in [2.45, 2.75) is 0 Å². The molecule has 0 radical (unpaired) electrons. The highest BCUT2D eigenvalue weighted by Crippen LogP contribution is 2.24. The van der Waals surface area contributed by atoms with Gasteiger partial charge in [-0.3, -0.25) is 4.98 Å². The summed E-state index contributed by atoms with van der Waals surface area (Å²) in [4.78, 5) is 4.37. The highest BCUT2D eigenvalue weighted by Gasteiger charge is 2.00. The molecule has 0 atom stereocenters. The van der Waals surface area contributed by atoms with E-state index in [9.17, 15) is 0 Å². The first kappa shape index (κ1) is 10.7. The lowest BCUT2D eigenvalue weighted by atomic mass is 10.0. The molecule has 0 aliphatic heterocycles. The van der Waals surface area contributed by atoms with Gasteiger partial charge in [0.2, 0.25) is 0 Å². The van der Waals surface area contributed by atoms with Crippen molar-refractivity contribution in [1.82, 2.24) is 4.98 Å². The van der Waals surface area contributed by atoms with Crippen LogP contribution in [0.3, 0.4) is 0 Å². The number of hydrogen-bond donors (Lipinski definition) is 0. The van der Waals surface area contributed by atoms with Crippen LogP contribution in [0, 0.1) is 3.57 Å². The minimum atomic E-state index is 1.02. The first-order valence-electron chi connectivity index (χ1n) is 5.44. The standard InChI is InChI=1S/C15H10IN/c16-14-7-6-11-9-13(5-4-12(11)10-14)15-3-1-2-8-17-15/h1-10H. The minimum Gasteiger partial charge on any atom is -0.256 e. The molecule has 0 N–H and O–H groups in total. The SMILES string of the molecule is Ic1ccc2cc(-c3ccccn3)ccc2c1. The number of halogens is 1. The summed E-state index contributed by atoms with van der Waals surface area (Å²) >= 11 is 2.34. The van der Waals surface area contributed by atoms with Gasteiger partial charge in [-0.2, -0.15) is 0 Å². The van der Waals surface area contributed by atoms with Gasteiger partial charge in [-0.15, -0.1) is 0 Å². The molecular weight excluding hydrogens is 321 g/mol. The molecule has 0 saturated heterocycles. The lowest BCUT2D eigenvalue weighted by molar-refractivity contribution is 1.33. The lowest BCUT2D eigenvalue weighted by Gasteiger charge is -2.03. The second kappa shape index (κ2) is 4.45. The average molecular weight is 331 g/mol. The molecule has 2 aromatic carbocycles. The van der Waals surface area contributed by atoms with Gasteiger partial charge in [-0.25, -0.2) is 0 Å². The Bertz CT molecular complexity index is 662. The van der Waals surface area contributed by atoms with Gasteiger partial charge < -0.3 is 0 Å². The van der Waals surface area contributed by atoms with Crippen LogP contribution in [-0.4, -0.2) is 4.98 Å². The smallest absolute Gasteiger partial charge is 0.0702 e.